The number of hydrogen-bond donors (Lipinski definition) is 1. The van der Waals surface area contributed by atoms with Gasteiger partial charge in [0.2, 0.25) is 0 Å². The highest BCUT2D eigenvalue weighted by Crippen LogP contribution is 2.38. The monoisotopic (exact) mass is 404 g/mol. The van der Waals surface area contributed by atoms with Gasteiger partial charge in [-0.25, -0.2) is 0 Å². The van der Waals surface area contributed by atoms with E-state index in [2.05, 4.69) is 19.2 Å². The Kier molecular flexibility index (Phi) is 7.07. The average molecular weight is 405 g/mol. The third-order valence-electron chi connectivity index (χ3n) is 4.88. The van der Waals surface area contributed by atoms with Crippen LogP contribution in [0, 0.1) is 0 Å². The molecule has 2 amide bonds. The predicted octanol–water partition coefficient (Wildman–Crippen LogP) is 5.59. The van der Waals surface area contributed by atoms with Gasteiger partial charge in [-0.1, -0.05) is 26.3 Å². The predicted molar refractivity (Wildman–Crippen MR) is 114 cm³/mol. The van der Waals surface area contributed by atoms with Crippen LogP contribution in [0.3, 0.4) is 0 Å². The Morgan fingerprint density at radius 3 is 2.52 bits per heavy atom. The van der Waals surface area contributed by atoms with Gasteiger partial charge in [-0.15, -0.1) is 22.7 Å². The molecule has 0 saturated heterocycles. The average Bonchev–Trinajstić information content (AvgIpc) is 3.24. The molecule has 2 aromatic rings. The van der Waals surface area contributed by atoms with E-state index in [1.165, 1.54) is 28.2 Å². The smallest absolute Gasteiger partial charge is 0.266 e. The van der Waals surface area contributed by atoms with E-state index in [0.29, 0.717) is 4.88 Å². The molecular weight excluding hydrogens is 376 g/mol. The molecule has 0 unspecified atom stereocenters. The number of rotatable bonds is 7. The van der Waals surface area contributed by atoms with Crippen LogP contribution in [-0.2, 0) is 12.8 Å². The van der Waals surface area contributed by atoms with Crippen LogP contribution < -0.4 is 5.32 Å². The molecule has 0 saturated carbocycles. The SMILES string of the molecule is CCCN(CCC)C(=O)c1c(NC(=O)c2cccs2)sc2c1CCCCC2. The molecule has 27 heavy (non-hydrogen) atoms. The summed E-state index contributed by atoms with van der Waals surface area (Å²) in [5.74, 6) is -0.0347. The molecule has 3 rings (SSSR count). The molecule has 0 atom stereocenters. The van der Waals surface area contributed by atoms with Crippen molar-refractivity contribution in [2.24, 2.45) is 0 Å². The van der Waals surface area contributed by atoms with E-state index in [1.807, 2.05) is 22.4 Å². The molecule has 2 heterocycles. The number of aryl methyl sites for hydroxylation is 1. The zero-order valence-electron chi connectivity index (χ0n) is 16.2. The molecule has 2 aromatic heterocycles. The van der Waals surface area contributed by atoms with E-state index < -0.39 is 0 Å². The van der Waals surface area contributed by atoms with Crippen molar-refractivity contribution in [2.75, 3.05) is 18.4 Å². The minimum Gasteiger partial charge on any atom is -0.339 e. The number of thiophene rings is 2. The highest BCUT2D eigenvalue weighted by Gasteiger charge is 2.28. The molecule has 0 fully saturated rings. The molecule has 0 radical (unpaired) electrons. The molecule has 1 aliphatic rings. The molecule has 0 aromatic carbocycles. The summed E-state index contributed by atoms with van der Waals surface area (Å²) in [6.07, 6.45) is 7.31. The van der Waals surface area contributed by atoms with Crippen molar-refractivity contribution >= 4 is 39.5 Å². The fourth-order valence-electron chi connectivity index (χ4n) is 3.64. The van der Waals surface area contributed by atoms with E-state index in [0.717, 1.165) is 62.2 Å². The topological polar surface area (TPSA) is 49.4 Å². The molecule has 1 N–H and O–H groups in total. The maximum absolute atomic E-state index is 13.4. The Morgan fingerprint density at radius 1 is 1.11 bits per heavy atom. The zero-order chi connectivity index (χ0) is 19.2. The minimum absolute atomic E-state index is 0.0829. The number of fused-ring (bicyclic) bond motifs is 1. The summed E-state index contributed by atoms with van der Waals surface area (Å²) in [6, 6.07) is 3.69. The van der Waals surface area contributed by atoms with Gasteiger partial charge in [0, 0.05) is 18.0 Å². The van der Waals surface area contributed by atoms with Gasteiger partial charge in [0.05, 0.1) is 10.4 Å². The zero-order valence-corrected chi connectivity index (χ0v) is 17.8. The minimum atomic E-state index is -0.118. The summed E-state index contributed by atoms with van der Waals surface area (Å²) < 4.78 is 0. The van der Waals surface area contributed by atoms with Crippen molar-refractivity contribution < 1.29 is 9.59 Å². The van der Waals surface area contributed by atoms with Crippen molar-refractivity contribution in [3.05, 3.63) is 38.4 Å². The lowest BCUT2D eigenvalue weighted by Crippen LogP contribution is -2.33. The van der Waals surface area contributed by atoms with Crippen molar-refractivity contribution in [3.63, 3.8) is 0 Å². The quantitative estimate of drug-likeness (QED) is 0.611. The van der Waals surface area contributed by atoms with Crippen LogP contribution >= 0.6 is 22.7 Å². The maximum atomic E-state index is 13.4. The summed E-state index contributed by atoms with van der Waals surface area (Å²) in [7, 11) is 0. The van der Waals surface area contributed by atoms with Crippen LogP contribution in [-0.4, -0.2) is 29.8 Å². The second kappa shape index (κ2) is 9.51. The van der Waals surface area contributed by atoms with Gasteiger partial charge in [0.25, 0.3) is 11.8 Å². The Labute approximate surface area is 169 Å². The first kappa shape index (κ1) is 20.1. The Hall–Kier alpha value is -1.66. The fourth-order valence-corrected chi connectivity index (χ4v) is 5.54. The molecule has 6 heteroatoms. The number of anilines is 1. The lowest BCUT2D eigenvalue weighted by atomic mass is 10.0. The van der Waals surface area contributed by atoms with Gasteiger partial charge in [-0.05, 0) is 55.5 Å². The Bertz CT molecular complexity index is 774. The summed E-state index contributed by atoms with van der Waals surface area (Å²) in [6.45, 7) is 5.72. The molecular formula is C21H28N2O2S2. The van der Waals surface area contributed by atoms with Crippen LogP contribution in [0.2, 0.25) is 0 Å². The third kappa shape index (κ3) is 4.61. The van der Waals surface area contributed by atoms with E-state index in [4.69, 9.17) is 0 Å². The Morgan fingerprint density at radius 2 is 1.85 bits per heavy atom. The van der Waals surface area contributed by atoms with Crippen LogP contribution in [0.25, 0.3) is 0 Å². The molecule has 0 aliphatic heterocycles. The van der Waals surface area contributed by atoms with Gasteiger partial charge in [0.15, 0.2) is 0 Å². The third-order valence-corrected chi connectivity index (χ3v) is 6.96. The number of nitrogens with zero attached hydrogens (tertiary/aromatic N) is 1. The first-order chi connectivity index (χ1) is 13.2. The first-order valence-electron chi connectivity index (χ1n) is 9.94. The van der Waals surface area contributed by atoms with Gasteiger partial charge < -0.3 is 10.2 Å². The normalized spacial score (nSPS) is 13.7. The van der Waals surface area contributed by atoms with E-state index >= 15 is 0 Å². The van der Waals surface area contributed by atoms with Crippen LogP contribution in [0.5, 0.6) is 0 Å². The number of amides is 2. The maximum Gasteiger partial charge on any atom is 0.266 e. The van der Waals surface area contributed by atoms with Crippen molar-refractivity contribution in [3.8, 4) is 0 Å². The molecule has 146 valence electrons. The Balaban J connectivity index is 1.97. The molecule has 4 nitrogen and oxygen atoms in total. The van der Waals surface area contributed by atoms with E-state index in [9.17, 15) is 9.59 Å². The number of nitrogens with one attached hydrogen (secondary N) is 1. The van der Waals surface area contributed by atoms with Crippen LogP contribution in [0.4, 0.5) is 5.00 Å². The van der Waals surface area contributed by atoms with Crippen molar-refractivity contribution in [1.82, 2.24) is 4.90 Å². The van der Waals surface area contributed by atoms with Crippen LogP contribution in [0.15, 0.2) is 17.5 Å². The second-order valence-corrected chi connectivity index (χ2v) is 9.05. The lowest BCUT2D eigenvalue weighted by molar-refractivity contribution is 0.0756. The standard InChI is InChI=1S/C21H28N2O2S2/c1-3-12-23(13-4-2)21(25)18-15-9-6-5-7-10-16(15)27-20(18)22-19(24)17-11-8-14-26-17/h8,11,14H,3-7,9-10,12-13H2,1-2H3,(H,22,24). The van der Waals surface area contributed by atoms with Gasteiger partial charge in [0.1, 0.15) is 5.00 Å². The van der Waals surface area contributed by atoms with Crippen molar-refractivity contribution in [1.29, 1.82) is 0 Å². The molecule has 0 spiro atoms. The van der Waals surface area contributed by atoms with Gasteiger partial charge in [-0.2, -0.15) is 0 Å². The fraction of sp³-hybridized carbons (Fsp3) is 0.524. The lowest BCUT2D eigenvalue weighted by Gasteiger charge is -2.22. The number of hydrogen-bond acceptors (Lipinski definition) is 4. The largest absolute Gasteiger partial charge is 0.339 e. The summed E-state index contributed by atoms with van der Waals surface area (Å²) >= 11 is 3.03. The molecule has 0 bridgehead atoms. The van der Waals surface area contributed by atoms with Gasteiger partial charge in [-0.3, -0.25) is 9.59 Å². The number of carbonyl (C=O) groups is 2. The molecule has 1 aliphatic carbocycles. The van der Waals surface area contributed by atoms with E-state index in [1.54, 1.807) is 11.3 Å². The van der Waals surface area contributed by atoms with Crippen molar-refractivity contribution in [2.45, 2.75) is 58.8 Å². The van der Waals surface area contributed by atoms with Gasteiger partial charge >= 0.3 is 0 Å². The first-order valence-corrected chi connectivity index (χ1v) is 11.6. The summed E-state index contributed by atoms with van der Waals surface area (Å²) in [4.78, 5) is 30.0. The highest BCUT2D eigenvalue weighted by molar-refractivity contribution is 7.17. The summed E-state index contributed by atoms with van der Waals surface area (Å²) in [5, 5.41) is 5.69. The van der Waals surface area contributed by atoms with Crippen LogP contribution in [0.1, 0.15) is 76.4 Å². The summed E-state index contributed by atoms with van der Waals surface area (Å²) in [5.41, 5.74) is 1.94. The second-order valence-electron chi connectivity index (χ2n) is 6.99. The highest BCUT2D eigenvalue weighted by atomic mass is 32.1. The number of carbonyl (C=O) groups excluding carboxylic acids is 2. The van der Waals surface area contributed by atoms with E-state index in [-0.39, 0.29) is 11.8 Å².